The van der Waals surface area contributed by atoms with Crippen molar-refractivity contribution >= 4 is 19.4 Å². The first-order chi connectivity index (χ1) is 12.0. The van der Waals surface area contributed by atoms with Crippen molar-refractivity contribution in [2.75, 3.05) is 26.9 Å². The van der Waals surface area contributed by atoms with E-state index >= 15 is 0 Å². The third-order valence-electron chi connectivity index (χ3n) is 3.25. The van der Waals surface area contributed by atoms with Gasteiger partial charge in [-0.15, -0.1) is 0 Å². The van der Waals surface area contributed by atoms with Gasteiger partial charge in [-0.05, 0) is 48.9 Å². The molecule has 0 saturated heterocycles. The molecule has 25 heavy (non-hydrogen) atoms. The Bertz CT molecular complexity index is 688. The summed E-state index contributed by atoms with van der Waals surface area (Å²) in [4.78, 5) is 11.8. The number of rotatable bonds is 10. The second kappa shape index (κ2) is 10.00. The Kier molecular flexibility index (Phi) is 8.00. The third kappa shape index (κ3) is 7.22. The van der Waals surface area contributed by atoms with Crippen LogP contribution in [0.1, 0.15) is 12.5 Å². The Hall–Kier alpha value is -1.30. The summed E-state index contributed by atoms with van der Waals surface area (Å²) in [6.45, 7) is 3.03. The Morgan fingerprint density at radius 2 is 1.60 bits per heavy atom. The standard InChI is InChI=1S/C18H23O5PS/c1-3-23-24(19,20)14-15-4-8-17(9-5-15)25-18-10-6-16(7-11-18)22-13-12-21-2/h4-11H,3,12-14H2,1-2H3,(H,19,20). The minimum Gasteiger partial charge on any atom is -0.491 e. The molecule has 0 fully saturated rings. The van der Waals surface area contributed by atoms with Crippen LogP contribution in [0, 0.1) is 0 Å². The molecule has 1 N–H and O–H groups in total. The van der Waals surface area contributed by atoms with Gasteiger partial charge in [-0.2, -0.15) is 0 Å². The van der Waals surface area contributed by atoms with Gasteiger partial charge in [0.25, 0.3) is 0 Å². The fraction of sp³-hybridized carbons (Fsp3) is 0.333. The van der Waals surface area contributed by atoms with Gasteiger partial charge >= 0.3 is 7.60 Å². The van der Waals surface area contributed by atoms with Crippen molar-refractivity contribution in [2.24, 2.45) is 0 Å². The third-order valence-corrected chi connectivity index (χ3v) is 5.69. The summed E-state index contributed by atoms with van der Waals surface area (Å²) < 4.78 is 27.2. The molecule has 0 amide bonds. The number of methoxy groups -OCH3 is 1. The number of ether oxygens (including phenoxy) is 2. The minimum absolute atomic E-state index is 0.0271. The van der Waals surface area contributed by atoms with Crippen LogP contribution >= 0.6 is 19.4 Å². The molecule has 0 aliphatic heterocycles. The predicted octanol–water partition coefficient (Wildman–Crippen LogP) is 4.58. The first-order valence-corrected chi connectivity index (χ1v) is 10.6. The van der Waals surface area contributed by atoms with Crippen molar-refractivity contribution in [2.45, 2.75) is 22.9 Å². The van der Waals surface area contributed by atoms with Crippen LogP contribution < -0.4 is 4.74 Å². The zero-order valence-corrected chi connectivity index (χ0v) is 16.1. The number of hydrogen-bond donors (Lipinski definition) is 1. The Labute approximate surface area is 152 Å². The lowest BCUT2D eigenvalue weighted by molar-refractivity contribution is 0.146. The number of hydrogen-bond acceptors (Lipinski definition) is 5. The molecule has 1 unspecified atom stereocenters. The molecule has 7 heteroatoms. The molecule has 0 bridgehead atoms. The summed E-state index contributed by atoms with van der Waals surface area (Å²) >= 11 is 1.62. The van der Waals surface area contributed by atoms with E-state index in [2.05, 4.69) is 0 Å². The highest BCUT2D eigenvalue weighted by Crippen LogP contribution is 2.45. The zero-order chi connectivity index (χ0) is 18.1. The van der Waals surface area contributed by atoms with Crippen molar-refractivity contribution < 1.29 is 23.5 Å². The predicted molar refractivity (Wildman–Crippen MR) is 99.5 cm³/mol. The molecule has 0 aliphatic carbocycles. The van der Waals surface area contributed by atoms with Gasteiger partial charge in [-0.1, -0.05) is 23.9 Å². The van der Waals surface area contributed by atoms with E-state index in [1.165, 1.54) is 0 Å². The summed E-state index contributed by atoms with van der Waals surface area (Å²) in [7, 11) is -1.90. The average Bonchev–Trinajstić information content (AvgIpc) is 2.58. The van der Waals surface area contributed by atoms with Gasteiger partial charge in [-0.25, -0.2) is 0 Å². The van der Waals surface area contributed by atoms with Crippen LogP contribution in [0.5, 0.6) is 5.75 Å². The van der Waals surface area contributed by atoms with Crippen LogP contribution in [0.2, 0.25) is 0 Å². The first-order valence-electron chi connectivity index (χ1n) is 7.97. The van der Waals surface area contributed by atoms with E-state index in [9.17, 15) is 9.46 Å². The molecular weight excluding hydrogens is 359 g/mol. The molecule has 0 heterocycles. The van der Waals surface area contributed by atoms with Gasteiger partial charge in [0.15, 0.2) is 0 Å². The largest absolute Gasteiger partial charge is 0.491 e. The molecule has 2 rings (SSSR count). The summed E-state index contributed by atoms with van der Waals surface area (Å²) in [5, 5.41) is 0. The summed E-state index contributed by atoms with van der Waals surface area (Å²) in [5.74, 6) is 0.811. The van der Waals surface area contributed by atoms with Crippen LogP contribution in [0.15, 0.2) is 58.3 Å². The maximum absolute atomic E-state index is 11.8. The molecule has 0 radical (unpaired) electrons. The molecular formula is C18H23O5PS. The number of benzene rings is 2. The van der Waals surface area contributed by atoms with Crippen molar-refractivity contribution in [1.82, 2.24) is 0 Å². The average molecular weight is 382 g/mol. The lowest BCUT2D eigenvalue weighted by atomic mass is 10.2. The van der Waals surface area contributed by atoms with Crippen LogP contribution in [0.4, 0.5) is 0 Å². The van der Waals surface area contributed by atoms with E-state index < -0.39 is 7.60 Å². The SMILES string of the molecule is CCOP(=O)(O)Cc1ccc(Sc2ccc(OCCOC)cc2)cc1. The zero-order valence-electron chi connectivity index (χ0n) is 14.4. The van der Waals surface area contributed by atoms with E-state index in [-0.39, 0.29) is 12.8 Å². The minimum atomic E-state index is -3.54. The van der Waals surface area contributed by atoms with Crippen molar-refractivity contribution in [3.05, 3.63) is 54.1 Å². The summed E-state index contributed by atoms with van der Waals surface area (Å²) in [5.41, 5.74) is 0.783. The van der Waals surface area contributed by atoms with Gasteiger partial charge in [0.1, 0.15) is 12.4 Å². The van der Waals surface area contributed by atoms with Gasteiger partial charge in [0.2, 0.25) is 0 Å². The quantitative estimate of drug-likeness (QED) is 0.479. The lowest BCUT2D eigenvalue weighted by Crippen LogP contribution is -2.03. The van der Waals surface area contributed by atoms with Gasteiger partial charge < -0.3 is 18.9 Å². The van der Waals surface area contributed by atoms with Crippen molar-refractivity contribution in [1.29, 1.82) is 0 Å². The molecule has 0 aromatic heterocycles. The normalized spacial score (nSPS) is 13.4. The first kappa shape index (κ1) is 20.0. The Morgan fingerprint density at radius 1 is 1.00 bits per heavy atom. The van der Waals surface area contributed by atoms with Crippen LogP contribution in [-0.4, -0.2) is 31.8 Å². The molecule has 2 aromatic carbocycles. The maximum atomic E-state index is 11.8. The summed E-state index contributed by atoms with van der Waals surface area (Å²) in [6.07, 6.45) is 0.0271. The van der Waals surface area contributed by atoms with E-state index in [0.29, 0.717) is 13.2 Å². The highest BCUT2D eigenvalue weighted by molar-refractivity contribution is 7.99. The second-order valence-electron chi connectivity index (χ2n) is 5.27. The van der Waals surface area contributed by atoms with Crippen molar-refractivity contribution in [3.63, 3.8) is 0 Å². The highest BCUT2D eigenvalue weighted by atomic mass is 32.2. The lowest BCUT2D eigenvalue weighted by Gasteiger charge is -2.11. The molecule has 0 spiro atoms. The van der Waals surface area contributed by atoms with E-state index in [4.69, 9.17) is 14.0 Å². The molecule has 5 nitrogen and oxygen atoms in total. The molecule has 0 aliphatic rings. The van der Waals surface area contributed by atoms with E-state index in [1.54, 1.807) is 25.8 Å². The maximum Gasteiger partial charge on any atom is 0.332 e. The fourth-order valence-corrected chi connectivity index (χ4v) is 4.11. The summed E-state index contributed by atoms with van der Waals surface area (Å²) in [6, 6.07) is 15.4. The molecule has 2 aromatic rings. The van der Waals surface area contributed by atoms with Crippen LogP contribution in [-0.2, 0) is 20.0 Å². The molecule has 0 saturated carbocycles. The fourth-order valence-electron chi connectivity index (χ4n) is 2.12. The van der Waals surface area contributed by atoms with Crippen LogP contribution in [0.25, 0.3) is 0 Å². The van der Waals surface area contributed by atoms with E-state index in [0.717, 1.165) is 21.1 Å². The molecule has 136 valence electrons. The van der Waals surface area contributed by atoms with Crippen molar-refractivity contribution in [3.8, 4) is 5.75 Å². The van der Waals surface area contributed by atoms with Crippen LogP contribution in [0.3, 0.4) is 0 Å². The van der Waals surface area contributed by atoms with Gasteiger partial charge in [0, 0.05) is 16.9 Å². The smallest absolute Gasteiger partial charge is 0.332 e. The highest BCUT2D eigenvalue weighted by Gasteiger charge is 2.18. The monoisotopic (exact) mass is 382 g/mol. The second-order valence-corrected chi connectivity index (χ2v) is 8.27. The molecule has 1 atom stereocenters. The Balaban J connectivity index is 1.91. The Morgan fingerprint density at radius 3 is 2.16 bits per heavy atom. The van der Waals surface area contributed by atoms with Gasteiger partial charge in [0.05, 0.1) is 19.4 Å². The van der Waals surface area contributed by atoms with E-state index in [1.807, 2.05) is 48.5 Å². The van der Waals surface area contributed by atoms with Gasteiger partial charge in [-0.3, -0.25) is 4.57 Å². The topological polar surface area (TPSA) is 65.0 Å².